The Morgan fingerprint density at radius 3 is 1.76 bits per heavy atom. The fourth-order valence-electron chi connectivity index (χ4n) is 2.92. The highest BCUT2D eigenvalue weighted by atomic mass is 14.6. The first-order valence-electron chi connectivity index (χ1n) is 7.57. The van der Waals surface area contributed by atoms with Crippen LogP contribution in [0.5, 0.6) is 0 Å². The van der Waals surface area contributed by atoms with Gasteiger partial charge in [-0.05, 0) is 17.2 Å². The second kappa shape index (κ2) is 6.28. The van der Waals surface area contributed by atoms with Gasteiger partial charge in [-0.2, -0.15) is 15.8 Å². The van der Waals surface area contributed by atoms with Crippen LogP contribution in [0, 0.1) is 44.8 Å². The van der Waals surface area contributed by atoms with Crippen LogP contribution in [0.1, 0.15) is 11.1 Å². The van der Waals surface area contributed by atoms with Crippen molar-refractivity contribution in [1.29, 1.82) is 21.2 Å². The van der Waals surface area contributed by atoms with Gasteiger partial charge in [0.15, 0.2) is 0 Å². The van der Waals surface area contributed by atoms with E-state index >= 15 is 0 Å². The van der Waals surface area contributed by atoms with Crippen molar-refractivity contribution in [2.24, 2.45) is 5.41 Å². The normalized spacial score (nSPS) is 15.6. The molecular formula is C21H12N4. The second-order valence-corrected chi connectivity index (χ2v) is 5.54. The molecular weight excluding hydrogens is 308 g/mol. The Bertz CT molecular complexity index is 1010. The van der Waals surface area contributed by atoms with Gasteiger partial charge < -0.3 is 5.41 Å². The lowest BCUT2D eigenvalue weighted by molar-refractivity contribution is 0.925. The topological polar surface area (TPSA) is 95.2 Å². The van der Waals surface area contributed by atoms with Gasteiger partial charge in [-0.15, -0.1) is 0 Å². The molecule has 3 rings (SSSR count). The zero-order valence-corrected chi connectivity index (χ0v) is 13.2. The Kier molecular flexibility index (Phi) is 4.00. The number of nitrogens with zero attached hydrogens (tertiary/aromatic N) is 3. The van der Waals surface area contributed by atoms with E-state index in [1.54, 1.807) is 18.2 Å². The van der Waals surface area contributed by atoms with Gasteiger partial charge in [0.25, 0.3) is 0 Å². The summed E-state index contributed by atoms with van der Waals surface area (Å²) >= 11 is 0. The lowest BCUT2D eigenvalue weighted by Crippen LogP contribution is -2.33. The molecule has 0 aromatic heterocycles. The van der Waals surface area contributed by atoms with Crippen LogP contribution in [0.15, 0.2) is 72.3 Å². The molecule has 0 bridgehead atoms. The molecule has 25 heavy (non-hydrogen) atoms. The molecule has 1 aliphatic rings. The molecule has 2 aromatic carbocycles. The summed E-state index contributed by atoms with van der Waals surface area (Å²) in [7, 11) is 0. The molecule has 0 radical (unpaired) electrons. The smallest absolute Gasteiger partial charge is 0.211 e. The zero-order chi connectivity index (χ0) is 17.9. The minimum Gasteiger partial charge on any atom is -0.301 e. The molecule has 1 aliphatic carbocycles. The number of nitriles is 3. The highest BCUT2D eigenvalue weighted by molar-refractivity contribution is 6.24. The molecule has 0 saturated heterocycles. The quantitative estimate of drug-likeness (QED) is 0.901. The Balaban J connectivity index is 2.36. The Morgan fingerprint density at radius 2 is 1.28 bits per heavy atom. The third-order valence-corrected chi connectivity index (χ3v) is 4.20. The summed E-state index contributed by atoms with van der Waals surface area (Å²) in [4.78, 5) is 0. The van der Waals surface area contributed by atoms with Gasteiger partial charge in [0.2, 0.25) is 5.41 Å². The molecule has 4 heteroatoms. The first-order valence-corrected chi connectivity index (χ1v) is 7.57. The van der Waals surface area contributed by atoms with Gasteiger partial charge in [-0.25, -0.2) is 0 Å². The summed E-state index contributed by atoms with van der Waals surface area (Å²) in [6.45, 7) is 0. The van der Waals surface area contributed by atoms with Gasteiger partial charge in [0, 0.05) is 11.1 Å². The van der Waals surface area contributed by atoms with E-state index in [9.17, 15) is 15.8 Å². The lowest BCUT2D eigenvalue weighted by Gasteiger charge is -2.28. The van der Waals surface area contributed by atoms with Crippen molar-refractivity contribution < 1.29 is 0 Å². The molecule has 0 spiro atoms. The van der Waals surface area contributed by atoms with Crippen molar-refractivity contribution in [3.8, 4) is 18.2 Å². The molecule has 0 amide bonds. The van der Waals surface area contributed by atoms with Crippen molar-refractivity contribution in [1.82, 2.24) is 0 Å². The molecule has 0 saturated carbocycles. The summed E-state index contributed by atoms with van der Waals surface area (Å²) in [6.07, 6.45) is 1.69. The molecule has 0 fully saturated rings. The minimum atomic E-state index is -1.80. The monoisotopic (exact) mass is 320 g/mol. The van der Waals surface area contributed by atoms with Crippen LogP contribution in [0.2, 0.25) is 0 Å². The van der Waals surface area contributed by atoms with Crippen LogP contribution in [-0.4, -0.2) is 5.71 Å². The van der Waals surface area contributed by atoms with E-state index in [4.69, 9.17) is 5.41 Å². The van der Waals surface area contributed by atoms with E-state index in [-0.39, 0.29) is 11.3 Å². The molecule has 1 N–H and O–H groups in total. The highest BCUT2D eigenvalue weighted by Gasteiger charge is 2.45. The van der Waals surface area contributed by atoms with Crippen molar-refractivity contribution in [2.75, 3.05) is 0 Å². The summed E-state index contributed by atoms with van der Waals surface area (Å²) in [5.41, 5.74) is 0.385. The van der Waals surface area contributed by atoms with E-state index in [1.807, 2.05) is 66.7 Å². The summed E-state index contributed by atoms with van der Waals surface area (Å²) in [6, 6.07) is 24.2. The molecule has 0 aliphatic heterocycles. The van der Waals surface area contributed by atoms with E-state index in [1.165, 1.54) is 0 Å². The van der Waals surface area contributed by atoms with E-state index in [2.05, 4.69) is 0 Å². The molecule has 2 aromatic rings. The predicted octanol–water partition coefficient (Wildman–Crippen LogP) is 4.11. The first-order chi connectivity index (χ1) is 12.2. The number of allylic oxidation sites excluding steroid dienone is 4. The minimum absolute atomic E-state index is 0.0500. The number of hydrogen-bond acceptors (Lipinski definition) is 4. The maximum atomic E-state index is 9.73. The molecule has 0 atom stereocenters. The predicted molar refractivity (Wildman–Crippen MR) is 94.8 cm³/mol. The van der Waals surface area contributed by atoms with Crippen LogP contribution in [-0.2, 0) is 0 Å². The number of nitrogens with one attached hydrogen (secondary N) is 1. The SMILES string of the molecule is N#CC1=C(c2ccccc2)C=C(c2ccccc2)C(C#N)(C#N)C1=N. The molecule has 116 valence electrons. The molecule has 0 unspecified atom stereocenters. The van der Waals surface area contributed by atoms with Crippen molar-refractivity contribution in [3.05, 3.63) is 83.4 Å². The number of benzene rings is 2. The highest BCUT2D eigenvalue weighted by Crippen LogP contribution is 2.44. The second-order valence-electron chi connectivity index (χ2n) is 5.54. The fourth-order valence-corrected chi connectivity index (χ4v) is 2.92. The lowest BCUT2D eigenvalue weighted by atomic mass is 9.68. The third-order valence-electron chi connectivity index (χ3n) is 4.20. The van der Waals surface area contributed by atoms with E-state index in [0.717, 1.165) is 5.56 Å². The zero-order valence-electron chi connectivity index (χ0n) is 13.2. The standard InChI is InChI=1S/C21H12N4/c22-12-18-17(15-7-3-1-4-8-15)11-19(16-9-5-2-6-10-16)21(13-23,14-24)20(18)25/h1-11,25H. The van der Waals surface area contributed by atoms with Gasteiger partial charge in [-0.1, -0.05) is 60.7 Å². The van der Waals surface area contributed by atoms with Crippen LogP contribution >= 0.6 is 0 Å². The Hall–Kier alpha value is -3.94. The average Bonchev–Trinajstić information content (AvgIpc) is 2.69. The van der Waals surface area contributed by atoms with Gasteiger partial charge in [0.1, 0.15) is 6.07 Å². The number of rotatable bonds is 2. The first kappa shape index (κ1) is 15.9. The summed E-state index contributed by atoms with van der Waals surface area (Å²) < 4.78 is 0. The summed E-state index contributed by atoms with van der Waals surface area (Å²) in [5.74, 6) is 0. The average molecular weight is 320 g/mol. The maximum Gasteiger partial charge on any atom is 0.211 e. The van der Waals surface area contributed by atoms with E-state index in [0.29, 0.717) is 16.7 Å². The Morgan fingerprint density at radius 1 is 0.760 bits per heavy atom. The van der Waals surface area contributed by atoms with Crippen molar-refractivity contribution in [3.63, 3.8) is 0 Å². The van der Waals surface area contributed by atoms with Crippen LogP contribution in [0.25, 0.3) is 11.1 Å². The van der Waals surface area contributed by atoms with Gasteiger partial charge in [0.05, 0.1) is 23.4 Å². The van der Waals surface area contributed by atoms with Gasteiger partial charge in [-0.3, -0.25) is 0 Å². The van der Waals surface area contributed by atoms with Gasteiger partial charge >= 0.3 is 0 Å². The summed E-state index contributed by atoms with van der Waals surface area (Å²) in [5, 5.41) is 37.5. The Labute approximate surface area is 145 Å². The van der Waals surface area contributed by atoms with Crippen LogP contribution in [0.4, 0.5) is 0 Å². The maximum absolute atomic E-state index is 9.73. The number of hydrogen-bond donors (Lipinski definition) is 1. The van der Waals surface area contributed by atoms with Crippen molar-refractivity contribution in [2.45, 2.75) is 0 Å². The molecule has 0 heterocycles. The third kappa shape index (κ3) is 2.41. The van der Waals surface area contributed by atoms with Crippen LogP contribution in [0.3, 0.4) is 0 Å². The van der Waals surface area contributed by atoms with E-state index < -0.39 is 5.41 Å². The largest absolute Gasteiger partial charge is 0.301 e. The fraction of sp³-hybridized carbons (Fsp3) is 0.0476. The van der Waals surface area contributed by atoms with Crippen molar-refractivity contribution >= 4 is 16.9 Å². The molecule has 4 nitrogen and oxygen atoms in total. The van der Waals surface area contributed by atoms with Crippen LogP contribution < -0.4 is 0 Å².